The molecule has 0 fully saturated rings. The van der Waals surface area contributed by atoms with E-state index in [1.54, 1.807) is 0 Å². The highest BCUT2D eigenvalue weighted by Gasteiger charge is 2.22. The smallest absolute Gasteiger partial charge is 0.0708 e. The fourth-order valence-electron chi connectivity index (χ4n) is 4.35. The van der Waals surface area contributed by atoms with Crippen LogP contribution < -0.4 is 15.9 Å². The van der Waals surface area contributed by atoms with E-state index in [4.69, 9.17) is 4.98 Å². The Morgan fingerprint density at radius 1 is 0.697 bits per heavy atom. The van der Waals surface area contributed by atoms with E-state index in [0.29, 0.717) is 0 Å². The number of allylic oxidation sites excluding steroid dienone is 2. The van der Waals surface area contributed by atoms with Crippen molar-refractivity contribution in [2.45, 2.75) is 13.8 Å². The molecule has 1 aromatic heterocycles. The Morgan fingerprint density at radius 3 is 1.94 bits per heavy atom. The predicted octanol–water partition coefficient (Wildman–Crippen LogP) is 7.08. The molecule has 0 unspecified atom stereocenters. The van der Waals surface area contributed by atoms with E-state index in [-0.39, 0.29) is 0 Å². The van der Waals surface area contributed by atoms with E-state index >= 15 is 0 Å². The van der Waals surface area contributed by atoms with Crippen LogP contribution in [0.4, 0.5) is 0 Å². The highest BCUT2D eigenvalue weighted by molar-refractivity contribution is 7.80. The van der Waals surface area contributed by atoms with Crippen molar-refractivity contribution in [2.24, 2.45) is 0 Å². The van der Waals surface area contributed by atoms with Crippen molar-refractivity contribution >= 4 is 40.3 Å². The summed E-state index contributed by atoms with van der Waals surface area (Å²) in [5, 5.41) is 5.27. The topological polar surface area (TPSA) is 12.9 Å². The molecular weight excluding hydrogens is 417 g/mol. The lowest BCUT2D eigenvalue weighted by Gasteiger charge is -2.24. The van der Waals surface area contributed by atoms with Gasteiger partial charge in [-0.3, -0.25) is 4.98 Å². The lowest BCUT2D eigenvalue weighted by atomic mass is 9.93. The lowest BCUT2D eigenvalue weighted by Crippen LogP contribution is -2.22. The second kappa shape index (κ2) is 9.53. The Kier molecular flexibility index (Phi) is 6.15. The Morgan fingerprint density at radius 2 is 1.27 bits per heavy atom. The van der Waals surface area contributed by atoms with E-state index in [9.17, 15) is 0 Å². The number of hydrogen-bond donors (Lipinski definition) is 0. The molecule has 1 heterocycles. The largest absolute Gasteiger partial charge is 0.256 e. The normalized spacial score (nSPS) is 11.8. The van der Waals surface area contributed by atoms with Crippen LogP contribution in [0.25, 0.3) is 27.6 Å². The first-order valence-corrected chi connectivity index (χ1v) is 12.6. The molecule has 0 aliphatic heterocycles. The van der Waals surface area contributed by atoms with Gasteiger partial charge in [0.1, 0.15) is 0 Å². The molecule has 0 amide bonds. The number of pyridine rings is 1. The molecule has 0 bridgehead atoms. The standard InChI is InChI=1S/C31H26NP/c1-3-23(2)28-22-32-29-20-12-10-18-26(29)31(28)27-19-11-13-21-30(27)33(24-14-6-4-7-15-24)25-16-8-5-9-17-25/h3-22H,1-2H3/b23-3+. The minimum atomic E-state index is -0.722. The number of hydrogen-bond acceptors (Lipinski definition) is 1. The van der Waals surface area contributed by atoms with Gasteiger partial charge in [-0.15, -0.1) is 0 Å². The van der Waals surface area contributed by atoms with E-state index < -0.39 is 7.92 Å². The molecule has 33 heavy (non-hydrogen) atoms. The minimum absolute atomic E-state index is 0.722. The molecule has 160 valence electrons. The van der Waals surface area contributed by atoms with Crippen molar-refractivity contribution in [2.75, 3.05) is 0 Å². The van der Waals surface area contributed by atoms with Crippen LogP contribution in [0, 0.1) is 0 Å². The summed E-state index contributed by atoms with van der Waals surface area (Å²) in [5.41, 5.74) is 6.01. The van der Waals surface area contributed by atoms with Gasteiger partial charge >= 0.3 is 0 Å². The van der Waals surface area contributed by atoms with Crippen molar-refractivity contribution in [3.05, 3.63) is 127 Å². The average molecular weight is 444 g/mol. The molecule has 4 aromatic carbocycles. The Labute approximate surface area is 197 Å². The van der Waals surface area contributed by atoms with E-state index in [0.717, 1.165) is 5.52 Å². The van der Waals surface area contributed by atoms with Crippen molar-refractivity contribution < 1.29 is 0 Å². The zero-order valence-electron chi connectivity index (χ0n) is 18.9. The molecule has 0 atom stereocenters. The summed E-state index contributed by atoms with van der Waals surface area (Å²) in [5.74, 6) is 0. The predicted molar refractivity (Wildman–Crippen MR) is 145 cm³/mol. The number of nitrogens with zero attached hydrogens (tertiary/aromatic N) is 1. The van der Waals surface area contributed by atoms with Gasteiger partial charge in [0.05, 0.1) is 5.52 Å². The number of para-hydroxylation sites is 1. The van der Waals surface area contributed by atoms with Crippen molar-refractivity contribution in [3.63, 3.8) is 0 Å². The number of rotatable bonds is 5. The molecule has 0 spiro atoms. The minimum Gasteiger partial charge on any atom is -0.256 e. The average Bonchev–Trinajstić information content (AvgIpc) is 2.89. The van der Waals surface area contributed by atoms with Crippen LogP contribution in [-0.4, -0.2) is 4.98 Å². The summed E-state index contributed by atoms with van der Waals surface area (Å²) in [6, 6.07) is 39.2. The van der Waals surface area contributed by atoms with E-state index in [1.807, 2.05) is 6.20 Å². The molecule has 0 aliphatic rings. The van der Waals surface area contributed by atoms with Crippen molar-refractivity contribution in [3.8, 4) is 11.1 Å². The summed E-state index contributed by atoms with van der Waals surface area (Å²) < 4.78 is 0. The van der Waals surface area contributed by atoms with Gasteiger partial charge in [0.15, 0.2) is 0 Å². The highest BCUT2D eigenvalue weighted by atomic mass is 31.1. The monoisotopic (exact) mass is 443 g/mol. The molecular formula is C31H26NP. The Bertz CT molecular complexity index is 1380. The third kappa shape index (κ3) is 4.13. The zero-order valence-corrected chi connectivity index (χ0v) is 19.8. The van der Waals surface area contributed by atoms with Gasteiger partial charge in [-0.1, -0.05) is 109 Å². The number of fused-ring (bicyclic) bond motifs is 1. The maximum absolute atomic E-state index is 4.79. The van der Waals surface area contributed by atoms with Crippen molar-refractivity contribution in [1.82, 2.24) is 4.98 Å². The third-order valence-corrected chi connectivity index (χ3v) is 8.58. The van der Waals surface area contributed by atoms with Crippen LogP contribution in [0.15, 0.2) is 121 Å². The summed E-state index contributed by atoms with van der Waals surface area (Å²) in [4.78, 5) is 4.79. The lowest BCUT2D eigenvalue weighted by molar-refractivity contribution is 1.37. The molecule has 5 aromatic rings. The quantitative estimate of drug-likeness (QED) is 0.264. The van der Waals surface area contributed by atoms with Crippen LogP contribution >= 0.6 is 7.92 Å². The second-order valence-electron chi connectivity index (χ2n) is 8.06. The molecule has 0 saturated heterocycles. The van der Waals surface area contributed by atoms with Gasteiger partial charge in [0.2, 0.25) is 0 Å². The molecule has 0 radical (unpaired) electrons. The maximum atomic E-state index is 4.79. The van der Waals surface area contributed by atoms with Crippen LogP contribution in [0.2, 0.25) is 0 Å². The fourth-order valence-corrected chi connectivity index (χ4v) is 6.80. The SMILES string of the molecule is C/C=C(\C)c1cnc2ccccc2c1-c1ccccc1P(c1ccccc1)c1ccccc1. The van der Waals surface area contributed by atoms with Crippen LogP contribution in [-0.2, 0) is 0 Å². The molecule has 0 N–H and O–H groups in total. The van der Waals surface area contributed by atoms with Crippen LogP contribution in [0.5, 0.6) is 0 Å². The van der Waals surface area contributed by atoms with Gasteiger partial charge in [-0.2, -0.15) is 0 Å². The third-order valence-electron chi connectivity index (χ3n) is 6.08. The maximum Gasteiger partial charge on any atom is 0.0708 e. The fraction of sp³-hybridized carbons (Fsp3) is 0.0645. The molecule has 5 rings (SSSR count). The molecule has 0 aliphatic carbocycles. The Hall–Kier alpha value is -3.54. The van der Waals surface area contributed by atoms with Gasteiger partial charge in [-0.05, 0) is 54.9 Å². The first kappa shape index (κ1) is 21.3. The molecule has 0 saturated carbocycles. The summed E-state index contributed by atoms with van der Waals surface area (Å²) in [6.45, 7) is 4.27. The van der Waals surface area contributed by atoms with Gasteiger partial charge in [-0.25, -0.2) is 0 Å². The first-order valence-electron chi connectivity index (χ1n) is 11.3. The van der Waals surface area contributed by atoms with Crippen LogP contribution in [0.3, 0.4) is 0 Å². The van der Waals surface area contributed by atoms with Crippen molar-refractivity contribution in [1.29, 1.82) is 0 Å². The van der Waals surface area contributed by atoms with Gasteiger partial charge in [0.25, 0.3) is 0 Å². The number of aromatic nitrogens is 1. The van der Waals surface area contributed by atoms with Gasteiger partial charge < -0.3 is 0 Å². The summed E-state index contributed by atoms with van der Waals surface area (Å²) in [7, 11) is -0.722. The summed E-state index contributed by atoms with van der Waals surface area (Å²) >= 11 is 0. The van der Waals surface area contributed by atoms with Crippen LogP contribution in [0.1, 0.15) is 19.4 Å². The Balaban J connectivity index is 1.85. The van der Waals surface area contributed by atoms with E-state index in [1.165, 1.54) is 43.6 Å². The summed E-state index contributed by atoms with van der Waals surface area (Å²) in [6.07, 6.45) is 4.21. The second-order valence-corrected chi connectivity index (χ2v) is 10.2. The molecule has 2 heteroatoms. The zero-order chi connectivity index (χ0) is 22.6. The molecule has 1 nitrogen and oxygen atoms in total. The van der Waals surface area contributed by atoms with E-state index in [2.05, 4.69) is 129 Å². The van der Waals surface area contributed by atoms with Gasteiger partial charge in [0, 0.05) is 22.7 Å². The highest BCUT2D eigenvalue weighted by Crippen LogP contribution is 2.41. The number of benzene rings is 4. The first-order chi connectivity index (χ1) is 16.3.